The third kappa shape index (κ3) is 2.47. The van der Waals surface area contributed by atoms with Crippen LogP contribution in [0.2, 0.25) is 5.02 Å². The van der Waals surface area contributed by atoms with E-state index in [0.717, 1.165) is 0 Å². The maximum absolute atomic E-state index is 13.3. The molecule has 0 bridgehead atoms. The molecule has 4 rings (SSSR count). The summed E-state index contributed by atoms with van der Waals surface area (Å²) in [4.78, 5) is 13.0. The molecule has 2 aromatic heterocycles. The summed E-state index contributed by atoms with van der Waals surface area (Å²) in [5.41, 5.74) is 1.14. The van der Waals surface area contributed by atoms with E-state index in [4.69, 9.17) is 11.6 Å². The predicted octanol–water partition coefficient (Wildman–Crippen LogP) is 3.67. The quantitative estimate of drug-likeness (QED) is 0.548. The first kappa shape index (κ1) is 14.9. The zero-order valence-corrected chi connectivity index (χ0v) is 13.6. The number of hydrogen-bond acceptors (Lipinski definition) is 5. The van der Waals surface area contributed by atoms with Crippen LogP contribution >= 0.6 is 22.9 Å². The van der Waals surface area contributed by atoms with E-state index < -0.39 is 5.82 Å². The number of halogens is 2. The molecule has 0 saturated carbocycles. The second-order valence-corrected chi connectivity index (χ2v) is 6.31. The molecule has 4 aromatic rings. The van der Waals surface area contributed by atoms with Gasteiger partial charge in [0.15, 0.2) is 5.69 Å². The largest absolute Gasteiger partial charge is 0.302 e. The van der Waals surface area contributed by atoms with Gasteiger partial charge in [0.25, 0.3) is 0 Å². The fourth-order valence-corrected chi connectivity index (χ4v) is 3.25. The van der Waals surface area contributed by atoms with Gasteiger partial charge in [0.2, 0.25) is 4.96 Å². The normalized spacial score (nSPS) is 11.1. The van der Waals surface area contributed by atoms with Crippen LogP contribution in [0.4, 0.5) is 4.39 Å². The molecule has 118 valence electrons. The van der Waals surface area contributed by atoms with Gasteiger partial charge in [-0.05, 0) is 18.2 Å². The molecule has 24 heavy (non-hydrogen) atoms. The number of rotatable bonds is 2. The monoisotopic (exact) mass is 358 g/mol. The average Bonchev–Trinajstić information content (AvgIpc) is 3.04. The molecule has 8 heteroatoms. The highest BCUT2D eigenvalue weighted by atomic mass is 35.5. The molecule has 0 aliphatic heterocycles. The third-order valence-corrected chi connectivity index (χ3v) is 4.64. The molecule has 0 aliphatic rings. The highest BCUT2D eigenvalue weighted by Gasteiger charge is 2.15. The number of aromatic nitrogens is 4. The second-order valence-electron chi connectivity index (χ2n) is 4.95. The second kappa shape index (κ2) is 5.77. The van der Waals surface area contributed by atoms with Crippen molar-refractivity contribution in [1.82, 2.24) is 19.8 Å². The molecule has 0 unspecified atom stereocenters. The lowest BCUT2D eigenvalue weighted by molar-refractivity contribution is 0.628. The van der Waals surface area contributed by atoms with Gasteiger partial charge in [-0.3, -0.25) is 4.79 Å². The summed E-state index contributed by atoms with van der Waals surface area (Å²) in [5, 5.41) is 12.9. The van der Waals surface area contributed by atoms with Crippen molar-refractivity contribution in [3.05, 3.63) is 69.7 Å². The Kier molecular flexibility index (Phi) is 3.59. The minimum Gasteiger partial charge on any atom is -0.265 e. The smallest absolute Gasteiger partial charge is 0.265 e. The maximum Gasteiger partial charge on any atom is 0.302 e. The fourth-order valence-electron chi connectivity index (χ4n) is 2.24. The van der Waals surface area contributed by atoms with Crippen molar-refractivity contribution in [3.63, 3.8) is 0 Å². The minimum absolute atomic E-state index is 0.00448. The molecule has 2 aromatic carbocycles. The topological polar surface area (TPSA) is 60.2 Å². The van der Waals surface area contributed by atoms with Crippen molar-refractivity contribution in [2.45, 2.75) is 0 Å². The minimum atomic E-state index is -0.509. The van der Waals surface area contributed by atoms with Crippen LogP contribution in [-0.4, -0.2) is 19.8 Å². The Bertz CT molecular complexity index is 1110. The van der Waals surface area contributed by atoms with E-state index in [0.29, 0.717) is 21.1 Å². The molecule has 0 atom stereocenters. The summed E-state index contributed by atoms with van der Waals surface area (Å²) in [6.45, 7) is 0. The summed E-state index contributed by atoms with van der Waals surface area (Å²) in [6, 6.07) is 13.3. The standard InChI is InChI=1S/C16H8ClFN4OS/c17-11-8-10(6-7-12(11)18)14-21-22-15(23)13(19-20-16(22)24-14)9-4-2-1-3-5-9/h1-8H. The first-order valence-electron chi connectivity index (χ1n) is 6.91. The summed E-state index contributed by atoms with van der Waals surface area (Å²) >= 11 is 6.98. The van der Waals surface area contributed by atoms with Crippen LogP contribution in [0.5, 0.6) is 0 Å². The zero-order valence-electron chi connectivity index (χ0n) is 12.0. The molecule has 0 saturated heterocycles. The van der Waals surface area contributed by atoms with Crippen molar-refractivity contribution in [1.29, 1.82) is 0 Å². The van der Waals surface area contributed by atoms with E-state index in [-0.39, 0.29) is 16.3 Å². The Morgan fingerprint density at radius 1 is 1.04 bits per heavy atom. The van der Waals surface area contributed by atoms with Crippen molar-refractivity contribution in [2.24, 2.45) is 0 Å². The SMILES string of the molecule is O=c1c(-c2ccccc2)nnc2sc(-c3ccc(F)c(Cl)c3)nn12. The summed E-state index contributed by atoms with van der Waals surface area (Å²) in [5.74, 6) is -0.509. The maximum atomic E-state index is 13.3. The van der Waals surface area contributed by atoms with Gasteiger partial charge in [0, 0.05) is 11.1 Å². The van der Waals surface area contributed by atoms with Gasteiger partial charge >= 0.3 is 5.56 Å². The Hall–Kier alpha value is -2.64. The molecule has 0 spiro atoms. The molecule has 5 nitrogen and oxygen atoms in total. The van der Waals surface area contributed by atoms with E-state index >= 15 is 0 Å². The molecule has 2 heterocycles. The van der Waals surface area contributed by atoms with E-state index in [9.17, 15) is 9.18 Å². The van der Waals surface area contributed by atoms with E-state index in [2.05, 4.69) is 15.3 Å². The Balaban J connectivity index is 1.88. The average molecular weight is 359 g/mol. The van der Waals surface area contributed by atoms with Gasteiger partial charge in [-0.15, -0.1) is 10.2 Å². The van der Waals surface area contributed by atoms with Crippen LogP contribution in [0.3, 0.4) is 0 Å². The van der Waals surface area contributed by atoms with E-state index in [1.165, 1.54) is 28.0 Å². The summed E-state index contributed by atoms with van der Waals surface area (Å²) < 4.78 is 14.5. The lowest BCUT2D eigenvalue weighted by Crippen LogP contribution is -2.19. The fraction of sp³-hybridized carbons (Fsp3) is 0. The highest BCUT2D eigenvalue weighted by Crippen LogP contribution is 2.28. The molecule has 0 aliphatic carbocycles. The van der Waals surface area contributed by atoms with Crippen LogP contribution in [-0.2, 0) is 0 Å². The van der Waals surface area contributed by atoms with Crippen LogP contribution < -0.4 is 5.56 Å². The van der Waals surface area contributed by atoms with Crippen LogP contribution in [0.15, 0.2) is 53.3 Å². The van der Waals surface area contributed by atoms with E-state index in [1.807, 2.05) is 18.2 Å². The molecular weight excluding hydrogens is 351 g/mol. The highest BCUT2D eigenvalue weighted by molar-refractivity contribution is 7.19. The van der Waals surface area contributed by atoms with Crippen molar-refractivity contribution >= 4 is 27.9 Å². The molecule has 0 amide bonds. The van der Waals surface area contributed by atoms with Crippen molar-refractivity contribution in [3.8, 4) is 21.8 Å². The first-order chi connectivity index (χ1) is 11.6. The van der Waals surface area contributed by atoms with E-state index in [1.54, 1.807) is 18.2 Å². The third-order valence-electron chi connectivity index (χ3n) is 3.40. The van der Waals surface area contributed by atoms with Crippen LogP contribution in [0.1, 0.15) is 0 Å². The molecule has 0 fully saturated rings. The van der Waals surface area contributed by atoms with Gasteiger partial charge < -0.3 is 0 Å². The predicted molar refractivity (Wildman–Crippen MR) is 90.8 cm³/mol. The Morgan fingerprint density at radius 2 is 1.83 bits per heavy atom. The van der Waals surface area contributed by atoms with Gasteiger partial charge in [-0.1, -0.05) is 53.3 Å². The summed E-state index contributed by atoms with van der Waals surface area (Å²) in [7, 11) is 0. The number of nitrogens with zero attached hydrogens (tertiary/aromatic N) is 4. The molecule has 0 radical (unpaired) electrons. The number of fused-ring (bicyclic) bond motifs is 1. The number of hydrogen-bond donors (Lipinski definition) is 0. The number of benzene rings is 2. The van der Waals surface area contributed by atoms with Crippen molar-refractivity contribution in [2.75, 3.05) is 0 Å². The molecular formula is C16H8ClFN4OS. The van der Waals surface area contributed by atoms with Gasteiger partial charge in [0.05, 0.1) is 5.02 Å². The Morgan fingerprint density at radius 3 is 2.58 bits per heavy atom. The molecule has 0 N–H and O–H groups in total. The first-order valence-corrected chi connectivity index (χ1v) is 8.10. The summed E-state index contributed by atoms with van der Waals surface area (Å²) in [6.07, 6.45) is 0. The van der Waals surface area contributed by atoms with Crippen LogP contribution in [0.25, 0.3) is 26.8 Å². The lowest BCUT2D eigenvalue weighted by Gasteiger charge is -1.98. The van der Waals surface area contributed by atoms with Crippen LogP contribution in [0, 0.1) is 5.82 Å². The lowest BCUT2D eigenvalue weighted by atomic mass is 10.2. The van der Waals surface area contributed by atoms with Gasteiger partial charge in [-0.2, -0.15) is 9.61 Å². The van der Waals surface area contributed by atoms with Gasteiger partial charge in [0.1, 0.15) is 10.8 Å². The zero-order chi connectivity index (χ0) is 16.7. The van der Waals surface area contributed by atoms with Gasteiger partial charge in [-0.25, -0.2) is 4.39 Å². The van der Waals surface area contributed by atoms with Crippen molar-refractivity contribution < 1.29 is 4.39 Å². The Labute approximate surface area is 144 Å².